The number of amides is 1. The van der Waals surface area contributed by atoms with E-state index < -0.39 is 0 Å². The van der Waals surface area contributed by atoms with Crippen LogP contribution in [0.2, 0.25) is 0 Å². The van der Waals surface area contributed by atoms with E-state index in [9.17, 15) is 4.79 Å². The van der Waals surface area contributed by atoms with Gasteiger partial charge < -0.3 is 9.64 Å². The Morgan fingerprint density at radius 2 is 2.31 bits per heavy atom. The minimum absolute atomic E-state index is 0.128. The molecule has 1 unspecified atom stereocenters. The number of piperidine rings is 1. The quantitative estimate of drug-likeness (QED) is 0.533. The van der Waals surface area contributed by atoms with Crippen LogP contribution in [-0.2, 0) is 9.53 Å². The van der Waals surface area contributed by atoms with E-state index in [1.807, 2.05) is 11.8 Å². The Hall–Kier alpha value is -0.280. The van der Waals surface area contributed by atoms with Crippen LogP contribution in [0.15, 0.2) is 0 Å². The molecule has 94 valence electrons. The average Bonchev–Trinajstić information content (AvgIpc) is 2.30. The maximum Gasteiger partial charge on any atom is 0.248 e. The van der Waals surface area contributed by atoms with E-state index in [0.29, 0.717) is 18.5 Å². The maximum atomic E-state index is 11.9. The van der Waals surface area contributed by atoms with Crippen LogP contribution < -0.4 is 0 Å². The van der Waals surface area contributed by atoms with E-state index in [1.165, 1.54) is 6.42 Å². The van der Waals surface area contributed by atoms with E-state index in [0.717, 1.165) is 32.2 Å². The standard InChI is InChI=1S/C12H22ClNO2/c1-2-9-16-10-12(15)14-8-4-3-5-11(14)6-7-13/h11H,2-10H2,1H3. The predicted octanol–water partition coefficient (Wildman–Crippen LogP) is 2.42. The molecule has 4 heteroatoms. The Bertz CT molecular complexity index is 209. The molecule has 0 aromatic rings. The van der Waals surface area contributed by atoms with Crippen molar-refractivity contribution in [2.24, 2.45) is 0 Å². The van der Waals surface area contributed by atoms with Crippen LogP contribution in [0.25, 0.3) is 0 Å². The van der Waals surface area contributed by atoms with Crippen molar-refractivity contribution in [1.82, 2.24) is 4.90 Å². The fourth-order valence-corrected chi connectivity index (χ4v) is 2.39. The Morgan fingerprint density at radius 3 is 3.00 bits per heavy atom. The van der Waals surface area contributed by atoms with E-state index in [-0.39, 0.29) is 12.5 Å². The molecule has 1 heterocycles. The first-order chi connectivity index (χ1) is 7.79. The van der Waals surface area contributed by atoms with E-state index in [4.69, 9.17) is 16.3 Å². The molecule has 16 heavy (non-hydrogen) atoms. The van der Waals surface area contributed by atoms with Crippen LogP contribution >= 0.6 is 11.6 Å². The molecular formula is C12H22ClNO2. The summed E-state index contributed by atoms with van der Waals surface area (Å²) in [6.07, 6.45) is 5.27. The van der Waals surface area contributed by atoms with Gasteiger partial charge in [0, 0.05) is 25.1 Å². The third-order valence-electron chi connectivity index (χ3n) is 2.96. The number of rotatable bonds is 6. The molecular weight excluding hydrogens is 226 g/mol. The molecule has 1 atom stereocenters. The highest BCUT2D eigenvalue weighted by Crippen LogP contribution is 2.20. The third kappa shape index (κ3) is 4.30. The van der Waals surface area contributed by atoms with Gasteiger partial charge in [-0.25, -0.2) is 0 Å². The summed E-state index contributed by atoms with van der Waals surface area (Å²) < 4.78 is 5.30. The molecule has 3 nitrogen and oxygen atoms in total. The number of alkyl halides is 1. The molecule has 0 spiro atoms. The zero-order valence-corrected chi connectivity index (χ0v) is 10.8. The van der Waals surface area contributed by atoms with Gasteiger partial charge in [0.2, 0.25) is 5.91 Å². The highest BCUT2D eigenvalue weighted by Gasteiger charge is 2.25. The highest BCUT2D eigenvalue weighted by atomic mass is 35.5. The number of ether oxygens (including phenoxy) is 1. The first-order valence-corrected chi connectivity index (χ1v) is 6.76. The van der Waals surface area contributed by atoms with Crippen LogP contribution in [0.5, 0.6) is 0 Å². The summed E-state index contributed by atoms with van der Waals surface area (Å²) in [5.74, 6) is 0.757. The summed E-state index contributed by atoms with van der Waals surface area (Å²) in [6.45, 7) is 3.81. The molecule has 0 aliphatic carbocycles. The lowest BCUT2D eigenvalue weighted by Gasteiger charge is -2.35. The van der Waals surface area contributed by atoms with Gasteiger partial charge in [-0.1, -0.05) is 6.92 Å². The van der Waals surface area contributed by atoms with Crippen molar-refractivity contribution in [3.05, 3.63) is 0 Å². The van der Waals surface area contributed by atoms with Gasteiger partial charge in [0.1, 0.15) is 6.61 Å². The summed E-state index contributed by atoms with van der Waals surface area (Å²) in [6, 6.07) is 0.337. The fourth-order valence-electron chi connectivity index (χ4n) is 2.14. The molecule has 1 saturated heterocycles. The van der Waals surface area contributed by atoms with Crippen molar-refractivity contribution in [1.29, 1.82) is 0 Å². The van der Waals surface area contributed by atoms with Crippen LogP contribution in [0.3, 0.4) is 0 Å². The predicted molar refractivity (Wildman–Crippen MR) is 65.8 cm³/mol. The summed E-state index contributed by atoms with van der Waals surface area (Å²) in [5, 5.41) is 0. The lowest BCUT2D eigenvalue weighted by molar-refractivity contribution is -0.139. The van der Waals surface area contributed by atoms with Crippen LogP contribution in [0, 0.1) is 0 Å². The van der Waals surface area contributed by atoms with Gasteiger partial charge in [0.05, 0.1) is 0 Å². The number of hydrogen-bond acceptors (Lipinski definition) is 2. The monoisotopic (exact) mass is 247 g/mol. The maximum absolute atomic E-state index is 11.9. The fraction of sp³-hybridized carbons (Fsp3) is 0.917. The second-order valence-corrected chi connectivity index (χ2v) is 4.64. The number of hydrogen-bond donors (Lipinski definition) is 0. The van der Waals surface area contributed by atoms with Crippen molar-refractivity contribution in [3.8, 4) is 0 Å². The molecule has 0 saturated carbocycles. The topological polar surface area (TPSA) is 29.5 Å². The minimum Gasteiger partial charge on any atom is -0.372 e. The Labute approximate surface area is 103 Å². The lowest BCUT2D eigenvalue weighted by Crippen LogP contribution is -2.45. The summed E-state index contributed by atoms with van der Waals surface area (Å²) in [5.41, 5.74) is 0. The van der Waals surface area contributed by atoms with Gasteiger partial charge in [-0.3, -0.25) is 4.79 Å². The zero-order chi connectivity index (χ0) is 11.8. The van der Waals surface area contributed by atoms with E-state index in [1.54, 1.807) is 0 Å². The van der Waals surface area contributed by atoms with Crippen LogP contribution in [0.4, 0.5) is 0 Å². The molecule has 0 aromatic carbocycles. The van der Waals surface area contributed by atoms with Crippen molar-refractivity contribution in [2.75, 3.05) is 25.6 Å². The van der Waals surface area contributed by atoms with Gasteiger partial charge in [-0.2, -0.15) is 0 Å². The SMILES string of the molecule is CCCOCC(=O)N1CCCCC1CCCl. The molecule has 0 radical (unpaired) electrons. The number of likely N-dealkylation sites (tertiary alicyclic amines) is 1. The lowest BCUT2D eigenvalue weighted by atomic mass is 10.00. The molecule has 1 amide bonds. The summed E-state index contributed by atoms with van der Waals surface area (Å²) in [4.78, 5) is 13.9. The van der Waals surface area contributed by atoms with Crippen molar-refractivity contribution < 1.29 is 9.53 Å². The molecule has 1 aliphatic rings. The number of carbonyl (C=O) groups excluding carboxylic acids is 1. The van der Waals surface area contributed by atoms with Crippen molar-refractivity contribution in [3.63, 3.8) is 0 Å². The molecule has 0 aromatic heterocycles. The Morgan fingerprint density at radius 1 is 1.50 bits per heavy atom. The van der Waals surface area contributed by atoms with Crippen LogP contribution in [0.1, 0.15) is 39.0 Å². The van der Waals surface area contributed by atoms with Gasteiger partial charge in [0.15, 0.2) is 0 Å². The van der Waals surface area contributed by atoms with Gasteiger partial charge in [-0.05, 0) is 32.1 Å². The van der Waals surface area contributed by atoms with Crippen molar-refractivity contribution in [2.45, 2.75) is 45.1 Å². The normalized spacial score (nSPS) is 21.1. The summed E-state index contributed by atoms with van der Waals surface area (Å²) >= 11 is 5.76. The van der Waals surface area contributed by atoms with E-state index in [2.05, 4.69) is 0 Å². The highest BCUT2D eigenvalue weighted by molar-refractivity contribution is 6.17. The van der Waals surface area contributed by atoms with Crippen molar-refractivity contribution >= 4 is 17.5 Å². The first-order valence-electron chi connectivity index (χ1n) is 6.22. The number of carbonyl (C=O) groups is 1. The second kappa shape index (κ2) is 7.91. The second-order valence-electron chi connectivity index (χ2n) is 4.27. The smallest absolute Gasteiger partial charge is 0.248 e. The molecule has 0 N–H and O–H groups in total. The number of nitrogens with zero attached hydrogens (tertiary/aromatic N) is 1. The summed E-state index contributed by atoms with van der Waals surface area (Å²) in [7, 11) is 0. The zero-order valence-electron chi connectivity index (χ0n) is 10.1. The Kier molecular flexibility index (Phi) is 6.81. The molecule has 0 bridgehead atoms. The largest absolute Gasteiger partial charge is 0.372 e. The molecule has 1 aliphatic heterocycles. The Balaban J connectivity index is 2.37. The van der Waals surface area contributed by atoms with Gasteiger partial charge in [0.25, 0.3) is 0 Å². The third-order valence-corrected chi connectivity index (χ3v) is 3.18. The van der Waals surface area contributed by atoms with Gasteiger partial charge >= 0.3 is 0 Å². The molecule has 1 fully saturated rings. The minimum atomic E-state index is 0.128. The van der Waals surface area contributed by atoms with Gasteiger partial charge in [-0.15, -0.1) is 11.6 Å². The van der Waals surface area contributed by atoms with E-state index >= 15 is 0 Å². The first kappa shape index (κ1) is 13.8. The van der Waals surface area contributed by atoms with Crippen LogP contribution in [-0.4, -0.2) is 42.5 Å². The average molecular weight is 248 g/mol. The number of halogens is 1. The molecule has 1 rings (SSSR count).